The third-order valence-electron chi connectivity index (χ3n) is 2.38. The first kappa shape index (κ1) is 14.4. The van der Waals surface area contributed by atoms with Gasteiger partial charge in [-0.1, -0.05) is 0 Å². The second kappa shape index (κ2) is 6.93. The van der Waals surface area contributed by atoms with Crippen molar-refractivity contribution in [3.05, 3.63) is 24.0 Å². The highest BCUT2D eigenvalue weighted by molar-refractivity contribution is 5.92. The molecule has 6 nitrogen and oxygen atoms in total. The molecule has 0 aliphatic heterocycles. The summed E-state index contributed by atoms with van der Waals surface area (Å²) in [7, 11) is 6.53. The fourth-order valence-corrected chi connectivity index (χ4v) is 1.35. The Morgan fingerprint density at radius 3 is 2.67 bits per heavy atom. The van der Waals surface area contributed by atoms with Gasteiger partial charge in [-0.3, -0.25) is 9.78 Å². The van der Waals surface area contributed by atoms with E-state index >= 15 is 0 Å². The number of nitrogens with one attached hydrogen (secondary N) is 1. The minimum atomic E-state index is -0.328. The van der Waals surface area contributed by atoms with E-state index in [1.165, 1.54) is 4.90 Å². The van der Waals surface area contributed by atoms with Crippen LogP contribution in [0.25, 0.3) is 0 Å². The number of pyridine rings is 1. The van der Waals surface area contributed by atoms with E-state index in [0.717, 1.165) is 5.69 Å². The summed E-state index contributed by atoms with van der Waals surface area (Å²) < 4.78 is 10.1. The number of rotatable bonds is 6. The average molecular weight is 253 g/mol. The second-order valence-electron chi connectivity index (χ2n) is 3.91. The quantitative estimate of drug-likeness (QED) is 0.760. The van der Waals surface area contributed by atoms with Gasteiger partial charge < -0.3 is 19.7 Å². The molecule has 0 aromatic carbocycles. The molecule has 0 radical (unpaired) electrons. The monoisotopic (exact) mass is 253 g/mol. The van der Waals surface area contributed by atoms with Gasteiger partial charge in [-0.05, 0) is 12.1 Å². The Morgan fingerprint density at radius 1 is 1.44 bits per heavy atom. The van der Waals surface area contributed by atoms with E-state index in [-0.39, 0.29) is 12.2 Å². The number of ether oxygens (including phenoxy) is 2. The van der Waals surface area contributed by atoms with Gasteiger partial charge in [0.2, 0.25) is 0 Å². The minimum absolute atomic E-state index is 0.131. The average Bonchev–Trinajstić information content (AvgIpc) is 2.39. The van der Waals surface area contributed by atoms with Crippen LogP contribution in [0.2, 0.25) is 0 Å². The van der Waals surface area contributed by atoms with Crippen molar-refractivity contribution in [3.8, 4) is 0 Å². The molecule has 0 aliphatic carbocycles. The highest BCUT2D eigenvalue weighted by Crippen LogP contribution is 2.09. The zero-order valence-corrected chi connectivity index (χ0v) is 11.1. The van der Waals surface area contributed by atoms with Crippen molar-refractivity contribution in [2.24, 2.45) is 0 Å². The Hall–Kier alpha value is -1.66. The lowest BCUT2D eigenvalue weighted by Crippen LogP contribution is -2.25. The van der Waals surface area contributed by atoms with E-state index in [1.807, 2.05) is 0 Å². The maximum absolute atomic E-state index is 11.7. The first-order valence-electron chi connectivity index (χ1n) is 5.55. The Labute approximate surface area is 107 Å². The molecule has 0 saturated carbocycles. The summed E-state index contributed by atoms with van der Waals surface area (Å²) >= 11 is 0. The summed E-state index contributed by atoms with van der Waals surface area (Å²) in [6.45, 7) is 0.493. The van der Waals surface area contributed by atoms with Crippen molar-refractivity contribution in [2.75, 3.05) is 40.2 Å². The highest BCUT2D eigenvalue weighted by atomic mass is 16.7. The first-order valence-corrected chi connectivity index (χ1v) is 5.55. The predicted octanol–water partition coefficient (Wildman–Crippen LogP) is 0.814. The molecule has 1 N–H and O–H groups in total. The van der Waals surface area contributed by atoms with Gasteiger partial charge in [-0.15, -0.1) is 0 Å². The molecule has 1 aromatic heterocycles. The third-order valence-corrected chi connectivity index (χ3v) is 2.38. The number of nitrogens with zero attached hydrogens (tertiary/aromatic N) is 2. The van der Waals surface area contributed by atoms with Gasteiger partial charge in [-0.2, -0.15) is 0 Å². The lowest BCUT2D eigenvalue weighted by Gasteiger charge is -2.15. The normalized spacial score (nSPS) is 10.5. The summed E-state index contributed by atoms with van der Waals surface area (Å²) in [5, 5.41) is 3.12. The maximum Gasteiger partial charge on any atom is 0.272 e. The zero-order valence-electron chi connectivity index (χ0n) is 11.1. The van der Waals surface area contributed by atoms with Crippen molar-refractivity contribution in [1.82, 2.24) is 9.88 Å². The van der Waals surface area contributed by atoms with Crippen LogP contribution in [0.5, 0.6) is 0 Å². The fourth-order valence-electron chi connectivity index (χ4n) is 1.35. The van der Waals surface area contributed by atoms with Crippen LogP contribution in [0.4, 0.5) is 5.69 Å². The summed E-state index contributed by atoms with van der Waals surface area (Å²) in [5.41, 5.74) is 1.20. The van der Waals surface area contributed by atoms with Crippen molar-refractivity contribution in [1.29, 1.82) is 0 Å². The molecule has 1 heterocycles. The molecule has 100 valence electrons. The van der Waals surface area contributed by atoms with Crippen molar-refractivity contribution >= 4 is 11.6 Å². The Bertz CT molecular complexity index is 392. The van der Waals surface area contributed by atoms with E-state index in [9.17, 15) is 4.79 Å². The summed E-state index contributed by atoms with van der Waals surface area (Å²) in [6, 6.07) is 3.49. The number of carbonyl (C=O) groups excluding carboxylic acids is 1. The van der Waals surface area contributed by atoms with Crippen LogP contribution in [0, 0.1) is 0 Å². The van der Waals surface area contributed by atoms with Gasteiger partial charge in [0.05, 0.1) is 6.54 Å². The predicted molar refractivity (Wildman–Crippen MR) is 68.6 cm³/mol. The van der Waals surface area contributed by atoms with Crippen LogP contribution >= 0.6 is 0 Å². The smallest absolute Gasteiger partial charge is 0.272 e. The van der Waals surface area contributed by atoms with Crippen LogP contribution in [-0.2, 0) is 9.47 Å². The van der Waals surface area contributed by atoms with Gasteiger partial charge >= 0.3 is 0 Å². The molecule has 6 heteroatoms. The molecule has 0 fully saturated rings. The standard InChI is InChI=1S/C12H19N3O3/c1-15(2)12(16)10-7-9(5-6-13-10)14-8-11(17-3)18-4/h5-7,11H,8H2,1-4H3,(H,13,14). The fraction of sp³-hybridized carbons (Fsp3) is 0.500. The number of methoxy groups -OCH3 is 2. The van der Waals surface area contributed by atoms with Gasteiger partial charge in [0.1, 0.15) is 5.69 Å². The number of hydrogen-bond acceptors (Lipinski definition) is 5. The van der Waals surface area contributed by atoms with Crippen molar-refractivity contribution in [3.63, 3.8) is 0 Å². The molecule has 1 aromatic rings. The summed E-state index contributed by atoms with van der Waals surface area (Å²) in [6.07, 6.45) is 1.26. The molecule has 1 rings (SSSR count). The molecular formula is C12H19N3O3. The molecular weight excluding hydrogens is 234 g/mol. The minimum Gasteiger partial charge on any atom is -0.380 e. The molecule has 0 atom stereocenters. The van der Waals surface area contributed by atoms with E-state index in [2.05, 4.69) is 10.3 Å². The molecule has 18 heavy (non-hydrogen) atoms. The van der Waals surface area contributed by atoms with E-state index in [4.69, 9.17) is 9.47 Å². The van der Waals surface area contributed by atoms with Crippen LogP contribution in [0.15, 0.2) is 18.3 Å². The second-order valence-corrected chi connectivity index (χ2v) is 3.91. The van der Waals surface area contributed by atoms with Crippen LogP contribution in [0.3, 0.4) is 0 Å². The molecule has 0 bridgehead atoms. The topological polar surface area (TPSA) is 63.7 Å². The number of anilines is 1. The highest BCUT2D eigenvalue weighted by Gasteiger charge is 2.10. The molecule has 0 spiro atoms. The van der Waals surface area contributed by atoms with Crippen LogP contribution in [-0.4, -0.2) is 56.9 Å². The Kier molecular flexibility index (Phi) is 5.54. The summed E-state index contributed by atoms with van der Waals surface area (Å²) in [4.78, 5) is 17.3. The van der Waals surface area contributed by atoms with E-state index < -0.39 is 0 Å². The van der Waals surface area contributed by atoms with Gasteiger partial charge in [0, 0.05) is 40.2 Å². The van der Waals surface area contributed by atoms with Crippen molar-refractivity contribution < 1.29 is 14.3 Å². The number of aromatic nitrogens is 1. The molecule has 1 amide bonds. The van der Waals surface area contributed by atoms with Crippen LogP contribution < -0.4 is 5.32 Å². The number of amides is 1. The maximum atomic E-state index is 11.7. The Balaban J connectivity index is 2.68. The molecule has 0 saturated heterocycles. The van der Waals surface area contributed by atoms with Gasteiger partial charge in [0.25, 0.3) is 5.91 Å². The third kappa shape index (κ3) is 3.97. The summed E-state index contributed by atoms with van der Waals surface area (Å²) in [5.74, 6) is -0.131. The SMILES string of the molecule is COC(CNc1ccnc(C(=O)N(C)C)c1)OC. The lowest BCUT2D eigenvalue weighted by atomic mass is 10.3. The van der Waals surface area contributed by atoms with E-state index in [0.29, 0.717) is 12.2 Å². The van der Waals surface area contributed by atoms with E-state index in [1.54, 1.807) is 46.6 Å². The molecule has 0 unspecified atom stereocenters. The molecule has 0 aliphatic rings. The van der Waals surface area contributed by atoms with Gasteiger partial charge in [0.15, 0.2) is 6.29 Å². The number of hydrogen-bond donors (Lipinski definition) is 1. The number of carbonyl (C=O) groups is 1. The van der Waals surface area contributed by atoms with Crippen molar-refractivity contribution in [2.45, 2.75) is 6.29 Å². The van der Waals surface area contributed by atoms with Crippen LogP contribution in [0.1, 0.15) is 10.5 Å². The first-order chi connectivity index (χ1) is 8.58. The zero-order chi connectivity index (χ0) is 13.5. The Morgan fingerprint density at radius 2 is 2.11 bits per heavy atom. The largest absolute Gasteiger partial charge is 0.380 e. The lowest BCUT2D eigenvalue weighted by molar-refractivity contribution is -0.0914. The van der Waals surface area contributed by atoms with Gasteiger partial charge in [-0.25, -0.2) is 0 Å².